The van der Waals surface area contributed by atoms with Gasteiger partial charge in [0.2, 0.25) is 12.7 Å². The van der Waals surface area contributed by atoms with E-state index in [4.69, 9.17) is 9.47 Å². The van der Waals surface area contributed by atoms with E-state index in [-0.39, 0.29) is 12.7 Å². The van der Waals surface area contributed by atoms with E-state index in [9.17, 15) is 4.79 Å². The lowest BCUT2D eigenvalue weighted by Crippen LogP contribution is -2.31. The second kappa shape index (κ2) is 7.91. The Morgan fingerprint density at radius 2 is 1.56 bits per heavy atom. The fourth-order valence-corrected chi connectivity index (χ4v) is 3.08. The van der Waals surface area contributed by atoms with Crippen molar-refractivity contribution in [3.05, 3.63) is 89.7 Å². The third kappa shape index (κ3) is 4.26. The van der Waals surface area contributed by atoms with E-state index >= 15 is 0 Å². The number of carbonyl (C=O) groups is 1. The molecule has 0 atom stereocenters. The maximum Gasteiger partial charge on any atom is 0.231 e. The van der Waals surface area contributed by atoms with Gasteiger partial charge in [-0.15, -0.1) is 0 Å². The number of hydrogen-bond acceptors (Lipinski definition) is 4. The van der Waals surface area contributed by atoms with Gasteiger partial charge in [0.05, 0.1) is 6.42 Å². The van der Waals surface area contributed by atoms with Crippen molar-refractivity contribution in [3.8, 4) is 11.5 Å². The molecule has 1 aliphatic heterocycles. The summed E-state index contributed by atoms with van der Waals surface area (Å²) in [6.07, 6.45) is 3.81. The van der Waals surface area contributed by atoms with Crippen LogP contribution in [0.1, 0.15) is 16.7 Å². The highest BCUT2D eigenvalue weighted by molar-refractivity contribution is 5.79. The lowest BCUT2D eigenvalue weighted by Gasteiger charge is -2.23. The van der Waals surface area contributed by atoms with Crippen molar-refractivity contribution in [1.82, 2.24) is 9.88 Å². The zero-order valence-corrected chi connectivity index (χ0v) is 14.9. The first-order valence-electron chi connectivity index (χ1n) is 8.87. The predicted molar refractivity (Wildman–Crippen MR) is 101 cm³/mol. The summed E-state index contributed by atoms with van der Waals surface area (Å²) in [4.78, 5) is 19.0. The number of carbonyl (C=O) groups excluding carboxylic acids is 1. The van der Waals surface area contributed by atoms with Crippen molar-refractivity contribution in [3.63, 3.8) is 0 Å². The average molecular weight is 360 g/mol. The zero-order valence-electron chi connectivity index (χ0n) is 14.9. The third-order valence-corrected chi connectivity index (χ3v) is 4.48. The second-order valence-electron chi connectivity index (χ2n) is 6.46. The second-order valence-corrected chi connectivity index (χ2v) is 6.46. The Balaban J connectivity index is 1.52. The Bertz CT molecular complexity index is 872. The number of benzene rings is 2. The Hall–Kier alpha value is -3.34. The number of fused-ring (bicyclic) bond motifs is 1. The molecule has 0 saturated carbocycles. The number of ether oxygens (including phenoxy) is 2. The molecule has 1 amide bonds. The average Bonchev–Trinajstić information content (AvgIpc) is 3.17. The van der Waals surface area contributed by atoms with Crippen LogP contribution in [-0.4, -0.2) is 22.6 Å². The Morgan fingerprint density at radius 1 is 0.852 bits per heavy atom. The number of amides is 1. The molecule has 1 aromatic heterocycles. The minimum atomic E-state index is 0.0644. The molecule has 0 radical (unpaired) electrons. The molecule has 0 saturated heterocycles. The summed E-state index contributed by atoms with van der Waals surface area (Å²) in [6, 6.07) is 19.6. The van der Waals surface area contributed by atoms with Gasteiger partial charge in [0.15, 0.2) is 11.5 Å². The summed E-state index contributed by atoms with van der Waals surface area (Å²) in [5.41, 5.74) is 3.07. The van der Waals surface area contributed by atoms with E-state index in [0.717, 1.165) is 22.4 Å². The topological polar surface area (TPSA) is 51.7 Å². The molecule has 5 heteroatoms. The van der Waals surface area contributed by atoms with E-state index < -0.39 is 0 Å². The monoisotopic (exact) mass is 360 g/mol. The van der Waals surface area contributed by atoms with Crippen LogP contribution in [0.2, 0.25) is 0 Å². The molecule has 2 aromatic carbocycles. The van der Waals surface area contributed by atoms with Gasteiger partial charge in [0.25, 0.3) is 0 Å². The lowest BCUT2D eigenvalue weighted by atomic mass is 10.1. The van der Waals surface area contributed by atoms with E-state index in [1.165, 1.54) is 0 Å². The number of pyridine rings is 1. The van der Waals surface area contributed by atoms with Crippen LogP contribution < -0.4 is 9.47 Å². The highest BCUT2D eigenvalue weighted by Crippen LogP contribution is 2.32. The van der Waals surface area contributed by atoms with Crippen LogP contribution in [-0.2, 0) is 24.3 Å². The predicted octanol–water partition coefficient (Wildman–Crippen LogP) is 3.58. The standard InChI is InChI=1S/C22H20N2O3/c25-22(13-19-6-7-20-21(12-19)27-16-26-20)24(14-17-4-2-1-3-5-17)15-18-8-10-23-11-9-18/h1-12H,13-16H2. The molecule has 5 nitrogen and oxygen atoms in total. The molecule has 4 rings (SSSR count). The fourth-order valence-electron chi connectivity index (χ4n) is 3.08. The first kappa shape index (κ1) is 17.1. The van der Waals surface area contributed by atoms with Gasteiger partial charge < -0.3 is 14.4 Å². The Morgan fingerprint density at radius 3 is 2.33 bits per heavy atom. The molecule has 2 heterocycles. The molecule has 0 aliphatic carbocycles. The Labute approximate surface area is 158 Å². The summed E-state index contributed by atoms with van der Waals surface area (Å²) in [5.74, 6) is 1.49. The van der Waals surface area contributed by atoms with Gasteiger partial charge >= 0.3 is 0 Å². The zero-order chi connectivity index (χ0) is 18.5. The van der Waals surface area contributed by atoms with E-state index in [1.807, 2.05) is 65.6 Å². The van der Waals surface area contributed by atoms with Crippen LogP contribution in [0.5, 0.6) is 11.5 Å². The summed E-state index contributed by atoms with van der Waals surface area (Å²) < 4.78 is 10.8. The van der Waals surface area contributed by atoms with Gasteiger partial charge in [-0.05, 0) is 41.0 Å². The quantitative estimate of drug-likeness (QED) is 0.674. The largest absolute Gasteiger partial charge is 0.454 e. The highest BCUT2D eigenvalue weighted by Gasteiger charge is 2.18. The summed E-state index contributed by atoms with van der Waals surface area (Å²) in [5, 5.41) is 0. The Kier molecular flexibility index (Phi) is 5.01. The molecule has 0 spiro atoms. The van der Waals surface area contributed by atoms with Crippen molar-refractivity contribution in [1.29, 1.82) is 0 Å². The van der Waals surface area contributed by atoms with Crippen molar-refractivity contribution in [2.24, 2.45) is 0 Å². The van der Waals surface area contributed by atoms with Crippen molar-refractivity contribution < 1.29 is 14.3 Å². The van der Waals surface area contributed by atoms with Crippen molar-refractivity contribution >= 4 is 5.91 Å². The molecule has 0 fully saturated rings. The van der Waals surface area contributed by atoms with Gasteiger partial charge in [0.1, 0.15) is 0 Å². The smallest absolute Gasteiger partial charge is 0.231 e. The van der Waals surface area contributed by atoms with Gasteiger partial charge in [-0.25, -0.2) is 0 Å². The molecular formula is C22H20N2O3. The molecule has 136 valence electrons. The molecular weight excluding hydrogens is 340 g/mol. The van der Waals surface area contributed by atoms with Crippen LogP contribution in [0.25, 0.3) is 0 Å². The lowest BCUT2D eigenvalue weighted by molar-refractivity contribution is -0.131. The SMILES string of the molecule is O=C(Cc1ccc2c(c1)OCO2)N(Cc1ccccc1)Cc1ccncc1. The highest BCUT2D eigenvalue weighted by atomic mass is 16.7. The first-order chi connectivity index (χ1) is 13.3. The number of hydrogen-bond donors (Lipinski definition) is 0. The molecule has 0 bridgehead atoms. The van der Waals surface area contributed by atoms with E-state index in [0.29, 0.717) is 25.3 Å². The van der Waals surface area contributed by atoms with Gasteiger partial charge in [-0.1, -0.05) is 36.4 Å². The van der Waals surface area contributed by atoms with Crippen LogP contribution in [0.3, 0.4) is 0 Å². The molecule has 0 N–H and O–H groups in total. The van der Waals surface area contributed by atoms with Crippen LogP contribution in [0.4, 0.5) is 0 Å². The number of nitrogens with zero attached hydrogens (tertiary/aromatic N) is 2. The molecule has 1 aliphatic rings. The van der Waals surface area contributed by atoms with Crippen molar-refractivity contribution in [2.75, 3.05) is 6.79 Å². The van der Waals surface area contributed by atoms with Gasteiger partial charge in [-0.2, -0.15) is 0 Å². The van der Waals surface area contributed by atoms with Gasteiger partial charge in [0, 0.05) is 25.5 Å². The first-order valence-corrected chi connectivity index (χ1v) is 8.87. The number of aromatic nitrogens is 1. The maximum absolute atomic E-state index is 13.1. The van der Waals surface area contributed by atoms with Crippen LogP contribution >= 0.6 is 0 Å². The van der Waals surface area contributed by atoms with Crippen LogP contribution in [0.15, 0.2) is 73.1 Å². The minimum Gasteiger partial charge on any atom is -0.454 e. The normalized spacial score (nSPS) is 12.0. The van der Waals surface area contributed by atoms with E-state index in [2.05, 4.69) is 4.98 Å². The fraction of sp³-hybridized carbons (Fsp3) is 0.182. The molecule has 0 unspecified atom stereocenters. The van der Waals surface area contributed by atoms with Crippen LogP contribution in [0, 0.1) is 0 Å². The van der Waals surface area contributed by atoms with Crippen molar-refractivity contribution in [2.45, 2.75) is 19.5 Å². The summed E-state index contributed by atoms with van der Waals surface area (Å²) in [7, 11) is 0. The summed E-state index contributed by atoms with van der Waals surface area (Å²) in [6.45, 7) is 1.34. The minimum absolute atomic E-state index is 0.0644. The van der Waals surface area contributed by atoms with Gasteiger partial charge in [-0.3, -0.25) is 9.78 Å². The molecule has 27 heavy (non-hydrogen) atoms. The molecule has 3 aromatic rings. The summed E-state index contributed by atoms with van der Waals surface area (Å²) >= 11 is 0. The maximum atomic E-state index is 13.1. The van der Waals surface area contributed by atoms with E-state index in [1.54, 1.807) is 12.4 Å². The third-order valence-electron chi connectivity index (χ3n) is 4.48. The number of rotatable bonds is 6.